The van der Waals surface area contributed by atoms with Gasteiger partial charge >= 0.3 is 0 Å². The summed E-state index contributed by atoms with van der Waals surface area (Å²) in [5, 5.41) is 39.2. The van der Waals surface area contributed by atoms with Crippen molar-refractivity contribution in [1.82, 2.24) is 0 Å². The number of hydrogen-bond donors (Lipinski definition) is 4. The van der Waals surface area contributed by atoms with Gasteiger partial charge in [-0.15, -0.1) is 0 Å². The van der Waals surface area contributed by atoms with Crippen molar-refractivity contribution >= 4 is 5.78 Å². The second kappa shape index (κ2) is 8.46. The Morgan fingerprint density at radius 3 is 2.42 bits per heavy atom. The average Bonchev–Trinajstić information content (AvgIpc) is 2.53. The lowest BCUT2D eigenvalue weighted by atomic mass is 9.70. The highest BCUT2D eigenvalue weighted by Crippen LogP contribution is 2.44. The third-order valence-electron chi connectivity index (χ3n) is 5.51. The van der Waals surface area contributed by atoms with Crippen molar-refractivity contribution in [2.75, 3.05) is 6.61 Å². The molecule has 26 heavy (non-hydrogen) atoms. The molecular weight excluding hydrogens is 340 g/mol. The molecule has 2 aliphatic rings. The molecule has 1 aliphatic heterocycles. The minimum atomic E-state index is -1.44. The Bertz CT molecular complexity index is 540. The molecule has 2 rings (SSSR count). The molecule has 0 bridgehead atoms. The molecule has 1 fully saturated rings. The van der Waals surface area contributed by atoms with Crippen molar-refractivity contribution in [1.29, 1.82) is 0 Å². The van der Waals surface area contributed by atoms with Crippen LogP contribution in [0.5, 0.6) is 0 Å². The zero-order valence-corrected chi connectivity index (χ0v) is 16.0. The predicted molar refractivity (Wildman–Crippen MR) is 94.3 cm³/mol. The number of allylic oxidation sites excluding steroid dienone is 1. The standard InChI is InChI=1S/C19H32O7/c1-10-7-12(8-19(3,4)13(10)6-5-11(2)21)25-18-17(24)16(23)15(22)14(9-20)26-18/h12,14-18,20,22-24H,5-9H2,1-4H3/t12-,14+,15-,16-,17+,18-/m1/s1. The van der Waals surface area contributed by atoms with Gasteiger partial charge in [-0.05, 0) is 38.5 Å². The van der Waals surface area contributed by atoms with Gasteiger partial charge < -0.3 is 34.7 Å². The van der Waals surface area contributed by atoms with E-state index in [1.165, 1.54) is 5.57 Å². The number of rotatable bonds is 6. The highest BCUT2D eigenvalue weighted by molar-refractivity contribution is 5.75. The quantitative estimate of drug-likeness (QED) is 0.507. The summed E-state index contributed by atoms with van der Waals surface area (Å²) < 4.78 is 11.4. The lowest BCUT2D eigenvalue weighted by molar-refractivity contribution is -0.313. The molecule has 0 amide bonds. The fourth-order valence-corrected chi connectivity index (χ4v) is 4.13. The van der Waals surface area contributed by atoms with Crippen LogP contribution in [0.4, 0.5) is 0 Å². The van der Waals surface area contributed by atoms with Crippen LogP contribution in [0.15, 0.2) is 11.1 Å². The minimum Gasteiger partial charge on any atom is -0.394 e. The van der Waals surface area contributed by atoms with E-state index in [2.05, 4.69) is 13.8 Å². The van der Waals surface area contributed by atoms with Crippen LogP contribution in [-0.2, 0) is 14.3 Å². The molecule has 0 aromatic heterocycles. The van der Waals surface area contributed by atoms with Gasteiger partial charge in [0.2, 0.25) is 0 Å². The van der Waals surface area contributed by atoms with Gasteiger partial charge in [0.15, 0.2) is 6.29 Å². The van der Waals surface area contributed by atoms with Crippen LogP contribution >= 0.6 is 0 Å². The second-order valence-corrected chi connectivity index (χ2v) is 8.21. The number of ether oxygens (including phenoxy) is 2. The molecule has 0 unspecified atom stereocenters. The van der Waals surface area contributed by atoms with Crippen LogP contribution in [0.3, 0.4) is 0 Å². The Morgan fingerprint density at radius 1 is 1.23 bits per heavy atom. The van der Waals surface area contributed by atoms with Gasteiger partial charge in [0.1, 0.15) is 30.2 Å². The Labute approximate surface area is 154 Å². The summed E-state index contributed by atoms with van der Waals surface area (Å²) in [5.74, 6) is 0.167. The molecule has 4 N–H and O–H groups in total. The van der Waals surface area contributed by atoms with E-state index in [9.17, 15) is 25.2 Å². The molecule has 6 atom stereocenters. The van der Waals surface area contributed by atoms with E-state index >= 15 is 0 Å². The monoisotopic (exact) mass is 372 g/mol. The van der Waals surface area contributed by atoms with Crippen molar-refractivity contribution in [3.8, 4) is 0 Å². The maximum atomic E-state index is 11.3. The van der Waals surface area contributed by atoms with Crippen LogP contribution < -0.4 is 0 Å². The Hall–Kier alpha value is -0.830. The largest absolute Gasteiger partial charge is 0.394 e. The molecule has 0 aromatic carbocycles. The van der Waals surface area contributed by atoms with E-state index < -0.39 is 37.3 Å². The summed E-state index contributed by atoms with van der Waals surface area (Å²) in [6.45, 7) is 7.36. The zero-order chi connectivity index (χ0) is 19.6. The van der Waals surface area contributed by atoms with Gasteiger partial charge in [-0.1, -0.05) is 25.0 Å². The lowest BCUT2D eigenvalue weighted by Crippen LogP contribution is -2.59. The summed E-state index contributed by atoms with van der Waals surface area (Å²) in [6, 6.07) is 0. The number of ketones is 1. The maximum absolute atomic E-state index is 11.3. The van der Waals surface area contributed by atoms with Gasteiger partial charge in [-0.25, -0.2) is 0 Å². The Morgan fingerprint density at radius 2 is 1.88 bits per heavy atom. The summed E-state index contributed by atoms with van der Waals surface area (Å²) in [4.78, 5) is 11.3. The fourth-order valence-electron chi connectivity index (χ4n) is 4.13. The molecule has 150 valence electrons. The fraction of sp³-hybridized carbons (Fsp3) is 0.842. The van der Waals surface area contributed by atoms with Gasteiger partial charge in [0.25, 0.3) is 0 Å². The number of aliphatic hydroxyl groups is 4. The van der Waals surface area contributed by atoms with E-state index in [1.54, 1.807) is 6.92 Å². The normalized spacial score (nSPS) is 37.7. The van der Waals surface area contributed by atoms with Gasteiger partial charge in [-0.2, -0.15) is 0 Å². The molecule has 7 heteroatoms. The highest BCUT2D eigenvalue weighted by atomic mass is 16.7. The molecule has 1 heterocycles. The zero-order valence-electron chi connectivity index (χ0n) is 16.0. The van der Waals surface area contributed by atoms with Gasteiger partial charge in [0.05, 0.1) is 12.7 Å². The number of carbonyl (C=O) groups is 1. The third kappa shape index (κ3) is 4.71. The molecule has 1 saturated heterocycles. The maximum Gasteiger partial charge on any atom is 0.186 e. The van der Waals surface area contributed by atoms with Crippen LogP contribution in [0.1, 0.15) is 53.4 Å². The number of carbonyl (C=O) groups excluding carboxylic acids is 1. The summed E-state index contributed by atoms with van der Waals surface area (Å²) in [7, 11) is 0. The van der Waals surface area contributed by atoms with E-state index in [0.717, 1.165) is 12.0 Å². The first-order chi connectivity index (χ1) is 12.1. The summed E-state index contributed by atoms with van der Waals surface area (Å²) in [5.41, 5.74) is 2.27. The summed E-state index contributed by atoms with van der Waals surface area (Å²) >= 11 is 0. The van der Waals surface area contributed by atoms with E-state index in [0.29, 0.717) is 19.3 Å². The van der Waals surface area contributed by atoms with E-state index in [4.69, 9.17) is 9.47 Å². The van der Waals surface area contributed by atoms with Crippen LogP contribution in [0.2, 0.25) is 0 Å². The first-order valence-corrected chi connectivity index (χ1v) is 9.21. The van der Waals surface area contributed by atoms with Gasteiger partial charge in [-0.3, -0.25) is 0 Å². The molecule has 0 saturated carbocycles. The Kier molecular flexibility index (Phi) is 6.98. The molecule has 0 spiro atoms. The van der Waals surface area contributed by atoms with E-state index in [-0.39, 0.29) is 17.3 Å². The molecule has 1 aliphatic carbocycles. The van der Waals surface area contributed by atoms with Crippen molar-refractivity contribution in [2.45, 2.75) is 90.2 Å². The smallest absolute Gasteiger partial charge is 0.186 e. The first-order valence-electron chi connectivity index (χ1n) is 9.21. The second-order valence-electron chi connectivity index (χ2n) is 8.21. The third-order valence-corrected chi connectivity index (χ3v) is 5.51. The molecule has 0 radical (unpaired) electrons. The predicted octanol–water partition coefficient (Wildman–Crippen LogP) is 0.677. The lowest BCUT2D eigenvalue weighted by Gasteiger charge is -2.44. The average molecular weight is 372 g/mol. The molecule has 0 aromatic rings. The van der Waals surface area contributed by atoms with Crippen molar-refractivity contribution in [3.63, 3.8) is 0 Å². The van der Waals surface area contributed by atoms with Gasteiger partial charge in [0, 0.05) is 6.42 Å². The molecule has 7 nitrogen and oxygen atoms in total. The SMILES string of the molecule is CC(=O)CCC1=C(C)C[C@@H](O[C@@H]2O[C@@H](CO)[C@@H](O)[C@@H](O)[C@@H]2O)CC1(C)C. The Balaban J connectivity index is 2.08. The molecular formula is C19H32O7. The van der Waals surface area contributed by atoms with Crippen molar-refractivity contribution in [3.05, 3.63) is 11.1 Å². The number of aliphatic hydroxyl groups excluding tert-OH is 4. The summed E-state index contributed by atoms with van der Waals surface area (Å²) in [6.07, 6.45) is -3.95. The van der Waals surface area contributed by atoms with Crippen LogP contribution in [0.25, 0.3) is 0 Å². The first kappa shape index (κ1) is 21.5. The van der Waals surface area contributed by atoms with Crippen LogP contribution in [-0.4, -0.2) is 69.6 Å². The van der Waals surface area contributed by atoms with Crippen molar-refractivity contribution in [2.24, 2.45) is 5.41 Å². The van der Waals surface area contributed by atoms with Crippen molar-refractivity contribution < 1.29 is 34.7 Å². The number of hydrogen-bond acceptors (Lipinski definition) is 7. The highest BCUT2D eigenvalue weighted by Gasteiger charge is 2.45. The topological polar surface area (TPSA) is 116 Å². The number of Topliss-reactive ketones (excluding diaryl/α,β-unsaturated/α-hetero) is 1. The minimum absolute atomic E-state index is 0.156. The van der Waals surface area contributed by atoms with E-state index in [1.807, 2.05) is 6.92 Å². The van der Waals surface area contributed by atoms with Crippen LogP contribution in [0, 0.1) is 5.41 Å².